The molecule has 1 aliphatic heterocycles. The number of amides is 2. The number of hydrogen-bond acceptors (Lipinski definition) is 3. The molecule has 0 aliphatic carbocycles. The van der Waals surface area contributed by atoms with Crippen molar-refractivity contribution in [3.63, 3.8) is 0 Å². The maximum absolute atomic E-state index is 11.5. The van der Waals surface area contributed by atoms with E-state index in [0.717, 1.165) is 13.0 Å². The van der Waals surface area contributed by atoms with E-state index in [2.05, 4.69) is 10.6 Å². The Balaban J connectivity index is 2.24. The Morgan fingerprint density at radius 1 is 1.57 bits per heavy atom. The minimum Gasteiger partial charge on any atom is -0.370 e. The first-order valence-electron chi connectivity index (χ1n) is 4.90. The minimum absolute atomic E-state index is 0.0174. The van der Waals surface area contributed by atoms with Gasteiger partial charge in [-0.3, -0.25) is 9.59 Å². The fourth-order valence-electron chi connectivity index (χ4n) is 1.66. The van der Waals surface area contributed by atoms with Crippen LogP contribution in [0.4, 0.5) is 0 Å². The monoisotopic (exact) mass is 199 g/mol. The van der Waals surface area contributed by atoms with Crippen molar-refractivity contribution in [2.75, 3.05) is 13.1 Å². The molecule has 1 fully saturated rings. The summed E-state index contributed by atoms with van der Waals surface area (Å²) in [5.41, 5.74) is 4.96. The van der Waals surface area contributed by atoms with Crippen LogP contribution in [0.3, 0.4) is 0 Å². The first-order chi connectivity index (χ1) is 6.61. The van der Waals surface area contributed by atoms with Gasteiger partial charge < -0.3 is 16.4 Å². The summed E-state index contributed by atoms with van der Waals surface area (Å²) in [5.74, 6) is -0.338. The highest BCUT2D eigenvalue weighted by molar-refractivity contribution is 5.80. The molecule has 0 bridgehead atoms. The number of carbonyl (C=O) groups excluding carboxylic acids is 2. The van der Waals surface area contributed by atoms with E-state index >= 15 is 0 Å². The average Bonchev–Trinajstić information content (AvgIpc) is 2.50. The lowest BCUT2D eigenvalue weighted by molar-refractivity contribution is -0.125. The van der Waals surface area contributed by atoms with Gasteiger partial charge in [-0.1, -0.05) is 0 Å². The summed E-state index contributed by atoms with van der Waals surface area (Å²) < 4.78 is 0. The van der Waals surface area contributed by atoms with Gasteiger partial charge in [0.15, 0.2) is 0 Å². The maximum Gasteiger partial charge on any atom is 0.224 e. The van der Waals surface area contributed by atoms with Crippen molar-refractivity contribution in [3.8, 4) is 0 Å². The lowest BCUT2D eigenvalue weighted by Gasteiger charge is -2.14. The highest BCUT2D eigenvalue weighted by atomic mass is 16.2. The molecule has 0 aromatic heterocycles. The summed E-state index contributed by atoms with van der Waals surface area (Å²) in [6.07, 6.45) is 1.07. The van der Waals surface area contributed by atoms with Gasteiger partial charge in [0.1, 0.15) is 0 Å². The zero-order valence-corrected chi connectivity index (χ0v) is 8.38. The van der Waals surface area contributed by atoms with Crippen molar-refractivity contribution >= 4 is 11.8 Å². The third-order valence-electron chi connectivity index (χ3n) is 2.53. The average molecular weight is 199 g/mol. The minimum atomic E-state index is -0.386. The zero-order valence-electron chi connectivity index (χ0n) is 8.38. The highest BCUT2D eigenvalue weighted by Gasteiger charge is 2.28. The number of nitrogens with two attached hydrogens (primary N) is 1. The van der Waals surface area contributed by atoms with Crippen LogP contribution in [0.1, 0.15) is 19.8 Å². The van der Waals surface area contributed by atoms with Gasteiger partial charge in [0, 0.05) is 19.0 Å². The topological polar surface area (TPSA) is 84.2 Å². The molecule has 0 spiro atoms. The van der Waals surface area contributed by atoms with E-state index in [9.17, 15) is 9.59 Å². The lowest BCUT2D eigenvalue weighted by Crippen LogP contribution is -2.37. The molecule has 4 N–H and O–H groups in total. The molecule has 5 nitrogen and oxygen atoms in total. The van der Waals surface area contributed by atoms with Crippen molar-refractivity contribution in [2.45, 2.75) is 25.8 Å². The van der Waals surface area contributed by atoms with Gasteiger partial charge in [-0.25, -0.2) is 0 Å². The Morgan fingerprint density at radius 2 is 2.29 bits per heavy atom. The second-order valence-corrected chi connectivity index (χ2v) is 3.65. The van der Waals surface area contributed by atoms with Crippen LogP contribution in [0.2, 0.25) is 0 Å². The molecule has 0 saturated carbocycles. The van der Waals surface area contributed by atoms with E-state index < -0.39 is 0 Å². The first kappa shape index (κ1) is 11.0. The van der Waals surface area contributed by atoms with Crippen molar-refractivity contribution in [2.24, 2.45) is 11.7 Å². The predicted molar refractivity (Wildman–Crippen MR) is 52.4 cm³/mol. The van der Waals surface area contributed by atoms with Crippen LogP contribution in [-0.4, -0.2) is 30.9 Å². The number of primary amides is 1. The number of rotatable bonds is 4. The SMILES string of the molecule is CC1NCCC1C(=O)NCCC(N)=O. The molecular formula is C9H17N3O2. The van der Waals surface area contributed by atoms with Crippen molar-refractivity contribution in [3.05, 3.63) is 0 Å². The van der Waals surface area contributed by atoms with E-state index in [4.69, 9.17) is 5.73 Å². The van der Waals surface area contributed by atoms with Crippen LogP contribution in [0, 0.1) is 5.92 Å². The Morgan fingerprint density at radius 3 is 2.79 bits per heavy atom. The summed E-state index contributed by atoms with van der Waals surface area (Å²) >= 11 is 0. The van der Waals surface area contributed by atoms with Crippen molar-refractivity contribution < 1.29 is 9.59 Å². The van der Waals surface area contributed by atoms with E-state index in [1.54, 1.807) is 0 Å². The van der Waals surface area contributed by atoms with Gasteiger partial charge in [-0.2, -0.15) is 0 Å². The molecule has 1 saturated heterocycles. The molecule has 1 heterocycles. The Labute approximate surface area is 83.4 Å². The molecular weight excluding hydrogens is 182 g/mol. The van der Waals surface area contributed by atoms with E-state index in [1.807, 2.05) is 6.92 Å². The van der Waals surface area contributed by atoms with E-state index in [1.165, 1.54) is 0 Å². The summed E-state index contributed by atoms with van der Waals surface area (Å²) in [5, 5.41) is 5.90. The summed E-state index contributed by atoms with van der Waals surface area (Å²) in [7, 11) is 0. The summed E-state index contributed by atoms with van der Waals surface area (Å²) in [6, 6.07) is 0.226. The van der Waals surface area contributed by atoms with E-state index in [0.29, 0.717) is 6.54 Å². The molecule has 2 unspecified atom stereocenters. The molecule has 1 aliphatic rings. The van der Waals surface area contributed by atoms with Gasteiger partial charge in [-0.15, -0.1) is 0 Å². The molecule has 2 atom stereocenters. The van der Waals surface area contributed by atoms with Crippen LogP contribution < -0.4 is 16.4 Å². The smallest absolute Gasteiger partial charge is 0.224 e. The van der Waals surface area contributed by atoms with Gasteiger partial charge >= 0.3 is 0 Å². The fourth-order valence-corrected chi connectivity index (χ4v) is 1.66. The molecule has 0 radical (unpaired) electrons. The predicted octanol–water partition coefficient (Wildman–Crippen LogP) is -1.02. The molecule has 1 rings (SSSR count). The number of hydrogen-bond donors (Lipinski definition) is 3. The van der Waals surface area contributed by atoms with E-state index in [-0.39, 0.29) is 30.2 Å². The summed E-state index contributed by atoms with van der Waals surface area (Å²) in [4.78, 5) is 22.0. The molecule has 0 aromatic carbocycles. The standard InChI is InChI=1S/C9H17N3O2/c1-6-7(2-4-11-6)9(14)12-5-3-8(10)13/h6-7,11H,2-5H2,1H3,(H2,10,13)(H,12,14). The van der Waals surface area contributed by atoms with Crippen LogP contribution in [0.5, 0.6) is 0 Å². The molecule has 0 aromatic rings. The quantitative estimate of drug-likeness (QED) is 0.541. The van der Waals surface area contributed by atoms with Gasteiger partial charge in [0.25, 0.3) is 0 Å². The third-order valence-corrected chi connectivity index (χ3v) is 2.53. The Bertz CT molecular complexity index is 230. The Kier molecular flexibility index (Phi) is 3.88. The summed E-state index contributed by atoms with van der Waals surface area (Å²) in [6.45, 7) is 3.22. The second kappa shape index (κ2) is 4.95. The highest BCUT2D eigenvalue weighted by Crippen LogP contribution is 2.14. The molecule has 80 valence electrons. The largest absolute Gasteiger partial charge is 0.370 e. The fraction of sp³-hybridized carbons (Fsp3) is 0.778. The van der Waals surface area contributed by atoms with Gasteiger partial charge in [0.05, 0.1) is 5.92 Å². The third kappa shape index (κ3) is 2.99. The normalized spacial score (nSPS) is 26.1. The van der Waals surface area contributed by atoms with Gasteiger partial charge in [0.2, 0.25) is 11.8 Å². The maximum atomic E-state index is 11.5. The van der Waals surface area contributed by atoms with Crippen LogP contribution in [0.15, 0.2) is 0 Å². The lowest BCUT2D eigenvalue weighted by atomic mass is 10.0. The van der Waals surface area contributed by atoms with Crippen LogP contribution in [-0.2, 0) is 9.59 Å². The van der Waals surface area contributed by atoms with Gasteiger partial charge in [-0.05, 0) is 19.9 Å². The zero-order chi connectivity index (χ0) is 10.6. The van der Waals surface area contributed by atoms with Crippen molar-refractivity contribution in [1.82, 2.24) is 10.6 Å². The number of carbonyl (C=O) groups is 2. The molecule has 14 heavy (non-hydrogen) atoms. The molecule has 2 amide bonds. The second-order valence-electron chi connectivity index (χ2n) is 3.65. The number of nitrogens with one attached hydrogen (secondary N) is 2. The van der Waals surface area contributed by atoms with Crippen molar-refractivity contribution in [1.29, 1.82) is 0 Å². The molecule has 5 heteroatoms. The Hall–Kier alpha value is -1.10. The van der Waals surface area contributed by atoms with Crippen LogP contribution in [0.25, 0.3) is 0 Å². The first-order valence-corrected chi connectivity index (χ1v) is 4.90. The van der Waals surface area contributed by atoms with Crippen LogP contribution >= 0.6 is 0 Å².